The first-order valence-corrected chi connectivity index (χ1v) is 8.99. The normalized spacial score (nSPS) is 11.2. The molecule has 0 radical (unpaired) electrons. The SMILES string of the molecule is CCCn1cnc2cc(NC(=O)NCc3cc(CC(C)C)no3)ccc21. The van der Waals surface area contributed by atoms with Gasteiger partial charge in [-0.1, -0.05) is 25.9 Å². The van der Waals surface area contributed by atoms with Crippen molar-refractivity contribution in [2.75, 3.05) is 5.32 Å². The second-order valence-electron chi connectivity index (χ2n) is 6.83. The number of urea groups is 1. The standard InChI is InChI=1S/C19H25N5O2/c1-4-7-24-12-21-17-10-14(5-6-18(17)24)22-19(25)20-11-16-9-15(23-26-16)8-13(2)3/h5-6,9-10,12-13H,4,7-8,11H2,1-3H3,(H2,20,22,25). The molecular weight excluding hydrogens is 330 g/mol. The monoisotopic (exact) mass is 355 g/mol. The van der Waals surface area contributed by atoms with Crippen molar-refractivity contribution < 1.29 is 9.32 Å². The number of hydrogen-bond donors (Lipinski definition) is 2. The molecule has 2 aromatic heterocycles. The van der Waals surface area contributed by atoms with Crippen LogP contribution in [0.15, 0.2) is 35.1 Å². The van der Waals surface area contributed by atoms with Crippen LogP contribution in [0.3, 0.4) is 0 Å². The molecule has 1 aromatic carbocycles. The molecule has 3 aromatic rings. The van der Waals surface area contributed by atoms with Crippen molar-refractivity contribution in [3.63, 3.8) is 0 Å². The van der Waals surface area contributed by atoms with Gasteiger partial charge in [0.2, 0.25) is 0 Å². The molecule has 0 bridgehead atoms. The Morgan fingerprint density at radius 2 is 2.15 bits per heavy atom. The molecule has 2 amide bonds. The Labute approximate surface area is 152 Å². The number of amides is 2. The highest BCUT2D eigenvalue weighted by atomic mass is 16.5. The Balaban J connectivity index is 1.56. The van der Waals surface area contributed by atoms with Crippen molar-refractivity contribution in [3.8, 4) is 0 Å². The van der Waals surface area contributed by atoms with Gasteiger partial charge in [-0.15, -0.1) is 0 Å². The number of carbonyl (C=O) groups is 1. The Hall–Kier alpha value is -2.83. The fraction of sp³-hybridized carbons (Fsp3) is 0.421. The van der Waals surface area contributed by atoms with E-state index in [4.69, 9.17) is 4.52 Å². The maximum atomic E-state index is 12.1. The average molecular weight is 355 g/mol. The van der Waals surface area contributed by atoms with E-state index in [9.17, 15) is 4.79 Å². The van der Waals surface area contributed by atoms with E-state index in [2.05, 4.69) is 46.1 Å². The van der Waals surface area contributed by atoms with Crippen molar-refractivity contribution >= 4 is 22.8 Å². The van der Waals surface area contributed by atoms with Crippen molar-refractivity contribution in [3.05, 3.63) is 42.0 Å². The van der Waals surface area contributed by atoms with Crippen LogP contribution in [0.4, 0.5) is 10.5 Å². The molecule has 2 N–H and O–H groups in total. The van der Waals surface area contributed by atoms with Gasteiger partial charge < -0.3 is 19.7 Å². The number of fused-ring (bicyclic) bond motifs is 1. The van der Waals surface area contributed by atoms with Crippen LogP contribution in [0.1, 0.15) is 38.6 Å². The number of carbonyl (C=O) groups excluding carboxylic acids is 1. The summed E-state index contributed by atoms with van der Waals surface area (Å²) in [4.78, 5) is 16.5. The summed E-state index contributed by atoms with van der Waals surface area (Å²) in [5.74, 6) is 1.16. The maximum Gasteiger partial charge on any atom is 0.319 e. The zero-order valence-electron chi connectivity index (χ0n) is 15.5. The smallest absolute Gasteiger partial charge is 0.319 e. The van der Waals surface area contributed by atoms with Crippen LogP contribution < -0.4 is 10.6 Å². The summed E-state index contributed by atoms with van der Waals surface area (Å²) in [5, 5.41) is 9.61. The minimum atomic E-state index is -0.292. The minimum absolute atomic E-state index is 0.292. The summed E-state index contributed by atoms with van der Waals surface area (Å²) in [6.45, 7) is 7.61. The number of nitrogens with zero attached hydrogens (tertiary/aromatic N) is 3. The molecule has 0 atom stereocenters. The summed E-state index contributed by atoms with van der Waals surface area (Å²) < 4.78 is 7.35. The molecule has 7 nitrogen and oxygen atoms in total. The van der Waals surface area contributed by atoms with E-state index < -0.39 is 0 Å². The van der Waals surface area contributed by atoms with Gasteiger partial charge in [-0.25, -0.2) is 9.78 Å². The van der Waals surface area contributed by atoms with Gasteiger partial charge in [-0.2, -0.15) is 0 Å². The summed E-state index contributed by atoms with van der Waals surface area (Å²) in [6.07, 6.45) is 3.74. The average Bonchev–Trinajstić information content (AvgIpc) is 3.20. The van der Waals surface area contributed by atoms with Crippen LogP contribution in [0.5, 0.6) is 0 Å². The third-order valence-electron chi connectivity index (χ3n) is 3.99. The Bertz CT molecular complexity index is 881. The highest BCUT2D eigenvalue weighted by Gasteiger charge is 2.09. The van der Waals surface area contributed by atoms with Gasteiger partial charge in [-0.05, 0) is 37.0 Å². The predicted octanol–water partition coefficient (Wildman–Crippen LogP) is 3.95. The molecule has 0 saturated heterocycles. The lowest BCUT2D eigenvalue weighted by atomic mass is 10.1. The van der Waals surface area contributed by atoms with E-state index >= 15 is 0 Å². The zero-order chi connectivity index (χ0) is 18.5. The molecule has 0 aliphatic heterocycles. The predicted molar refractivity (Wildman–Crippen MR) is 101 cm³/mol. The molecule has 7 heteroatoms. The molecule has 0 aliphatic rings. The lowest BCUT2D eigenvalue weighted by molar-refractivity contribution is 0.250. The minimum Gasteiger partial charge on any atom is -0.359 e. The number of rotatable bonds is 7. The molecule has 138 valence electrons. The molecule has 0 aliphatic carbocycles. The molecule has 0 fully saturated rings. The Morgan fingerprint density at radius 1 is 1.31 bits per heavy atom. The molecule has 2 heterocycles. The molecule has 0 saturated carbocycles. The molecule has 0 unspecified atom stereocenters. The van der Waals surface area contributed by atoms with E-state index in [1.165, 1.54) is 0 Å². The van der Waals surface area contributed by atoms with Gasteiger partial charge in [0.15, 0.2) is 5.76 Å². The van der Waals surface area contributed by atoms with Crippen LogP contribution in [0, 0.1) is 5.92 Å². The van der Waals surface area contributed by atoms with Crippen molar-refractivity contribution in [1.82, 2.24) is 20.0 Å². The lowest BCUT2D eigenvalue weighted by Gasteiger charge is -2.07. The largest absolute Gasteiger partial charge is 0.359 e. The van der Waals surface area contributed by atoms with Crippen LogP contribution in [-0.4, -0.2) is 20.7 Å². The first-order chi connectivity index (χ1) is 12.5. The summed E-state index contributed by atoms with van der Waals surface area (Å²) in [5.41, 5.74) is 3.54. The third kappa shape index (κ3) is 4.41. The molecular formula is C19H25N5O2. The second-order valence-corrected chi connectivity index (χ2v) is 6.83. The van der Waals surface area contributed by atoms with Gasteiger partial charge in [0, 0.05) is 18.3 Å². The van der Waals surface area contributed by atoms with Crippen LogP contribution in [0.2, 0.25) is 0 Å². The topological polar surface area (TPSA) is 85.0 Å². The second kappa shape index (κ2) is 8.03. The zero-order valence-corrected chi connectivity index (χ0v) is 15.5. The number of imidazole rings is 1. The summed E-state index contributed by atoms with van der Waals surface area (Å²) >= 11 is 0. The first-order valence-electron chi connectivity index (χ1n) is 8.99. The quantitative estimate of drug-likeness (QED) is 0.672. The summed E-state index contributed by atoms with van der Waals surface area (Å²) in [6, 6.07) is 7.31. The van der Waals surface area contributed by atoms with Crippen LogP contribution >= 0.6 is 0 Å². The Morgan fingerprint density at radius 3 is 2.92 bits per heavy atom. The Kier molecular flexibility index (Phi) is 5.55. The van der Waals surface area contributed by atoms with E-state index in [1.54, 1.807) is 0 Å². The van der Waals surface area contributed by atoms with Crippen molar-refractivity contribution in [2.24, 2.45) is 5.92 Å². The molecule has 0 spiro atoms. The first kappa shape index (κ1) is 18.0. The van der Waals surface area contributed by atoms with Crippen molar-refractivity contribution in [2.45, 2.75) is 46.7 Å². The molecule has 3 rings (SSSR count). The van der Waals surface area contributed by atoms with Gasteiger partial charge in [0.1, 0.15) is 0 Å². The molecule has 26 heavy (non-hydrogen) atoms. The summed E-state index contributed by atoms with van der Waals surface area (Å²) in [7, 11) is 0. The maximum absolute atomic E-state index is 12.1. The number of benzene rings is 1. The number of anilines is 1. The third-order valence-corrected chi connectivity index (χ3v) is 3.99. The highest BCUT2D eigenvalue weighted by molar-refractivity contribution is 5.91. The van der Waals surface area contributed by atoms with Gasteiger partial charge in [-0.3, -0.25) is 0 Å². The number of hydrogen-bond acceptors (Lipinski definition) is 4. The lowest BCUT2D eigenvalue weighted by Crippen LogP contribution is -2.28. The van der Waals surface area contributed by atoms with E-state index in [0.29, 0.717) is 23.9 Å². The van der Waals surface area contributed by atoms with Gasteiger partial charge >= 0.3 is 6.03 Å². The van der Waals surface area contributed by atoms with E-state index in [-0.39, 0.29) is 6.03 Å². The highest BCUT2D eigenvalue weighted by Crippen LogP contribution is 2.18. The van der Waals surface area contributed by atoms with Crippen LogP contribution in [-0.2, 0) is 19.5 Å². The van der Waals surface area contributed by atoms with Crippen LogP contribution in [0.25, 0.3) is 11.0 Å². The number of aryl methyl sites for hydroxylation is 1. The fourth-order valence-corrected chi connectivity index (χ4v) is 2.86. The van der Waals surface area contributed by atoms with Gasteiger partial charge in [0.05, 0.1) is 29.6 Å². The number of nitrogens with one attached hydrogen (secondary N) is 2. The van der Waals surface area contributed by atoms with Gasteiger partial charge in [0.25, 0.3) is 0 Å². The van der Waals surface area contributed by atoms with E-state index in [1.807, 2.05) is 30.6 Å². The fourth-order valence-electron chi connectivity index (χ4n) is 2.86. The van der Waals surface area contributed by atoms with Crippen molar-refractivity contribution in [1.29, 1.82) is 0 Å². The number of aromatic nitrogens is 3. The van der Waals surface area contributed by atoms with E-state index in [0.717, 1.165) is 36.1 Å².